The average molecular weight is 376 g/mol. The Morgan fingerprint density at radius 2 is 1.39 bits per heavy atom. The van der Waals surface area contributed by atoms with Crippen molar-refractivity contribution in [1.82, 2.24) is 5.32 Å². The molecular weight excluding hydrogens is 352 g/mol. The fourth-order valence-corrected chi connectivity index (χ4v) is 2.60. The summed E-state index contributed by atoms with van der Waals surface area (Å²) in [6, 6.07) is 27.0. The number of rotatable bonds is 10. The van der Waals surface area contributed by atoms with Gasteiger partial charge in [0.15, 0.2) is 0 Å². The lowest BCUT2D eigenvalue weighted by molar-refractivity contribution is -0.119. The van der Waals surface area contributed by atoms with Crippen LogP contribution in [-0.4, -0.2) is 25.7 Å². The van der Waals surface area contributed by atoms with Crippen molar-refractivity contribution in [3.63, 3.8) is 0 Å². The van der Waals surface area contributed by atoms with Crippen LogP contribution in [-0.2, 0) is 11.3 Å². The first kappa shape index (κ1) is 19.3. The standard InChI is InChI=1S/C23H24N2O3/c26-23(25-17-19-9-3-1-4-10-19)18-24-21-13-7-8-14-22(21)28-16-15-27-20-11-5-2-6-12-20/h1-14,24H,15-18H2,(H,25,26). The lowest BCUT2D eigenvalue weighted by atomic mass is 10.2. The van der Waals surface area contributed by atoms with Gasteiger partial charge in [-0.3, -0.25) is 4.79 Å². The highest BCUT2D eigenvalue weighted by atomic mass is 16.5. The zero-order valence-corrected chi connectivity index (χ0v) is 15.6. The Hall–Kier alpha value is -3.47. The fourth-order valence-electron chi connectivity index (χ4n) is 2.60. The molecule has 0 spiro atoms. The Morgan fingerprint density at radius 1 is 0.750 bits per heavy atom. The van der Waals surface area contributed by atoms with Crippen LogP contribution >= 0.6 is 0 Å². The molecule has 0 saturated carbocycles. The maximum atomic E-state index is 12.1. The van der Waals surface area contributed by atoms with Crippen LogP contribution in [0.1, 0.15) is 5.56 Å². The molecule has 0 fully saturated rings. The Morgan fingerprint density at radius 3 is 2.18 bits per heavy atom. The van der Waals surface area contributed by atoms with Gasteiger partial charge < -0.3 is 20.1 Å². The van der Waals surface area contributed by atoms with Gasteiger partial charge in [-0.1, -0.05) is 60.7 Å². The predicted molar refractivity (Wildman–Crippen MR) is 111 cm³/mol. The number of hydrogen-bond donors (Lipinski definition) is 2. The molecule has 28 heavy (non-hydrogen) atoms. The van der Waals surface area contributed by atoms with Crippen molar-refractivity contribution in [3.8, 4) is 11.5 Å². The van der Waals surface area contributed by atoms with Crippen LogP contribution < -0.4 is 20.1 Å². The summed E-state index contributed by atoms with van der Waals surface area (Å²) < 4.78 is 11.4. The number of benzene rings is 3. The van der Waals surface area contributed by atoms with Gasteiger partial charge >= 0.3 is 0 Å². The van der Waals surface area contributed by atoms with E-state index >= 15 is 0 Å². The normalized spacial score (nSPS) is 10.1. The smallest absolute Gasteiger partial charge is 0.239 e. The van der Waals surface area contributed by atoms with E-state index in [2.05, 4.69) is 10.6 Å². The molecule has 3 rings (SSSR count). The molecule has 0 radical (unpaired) electrons. The van der Waals surface area contributed by atoms with Crippen LogP contribution in [0.2, 0.25) is 0 Å². The van der Waals surface area contributed by atoms with E-state index < -0.39 is 0 Å². The number of ether oxygens (including phenoxy) is 2. The van der Waals surface area contributed by atoms with Crippen molar-refractivity contribution in [1.29, 1.82) is 0 Å². The van der Waals surface area contributed by atoms with E-state index in [1.807, 2.05) is 84.9 Å². The molecule has 0 unspecified atom stereocenters. The first-order valence-corrected chi connectivity index (χ1v) is 9.25. The summed E-state index contributed by atoms with van der Waals surface area (Å²) in [5.41, 5.74) is 1.84. The van der Waals surface area contributed by atoms with Crippen molar-refractivity contribution in [2.45, 2.75) is 6.54 Å². The summed E-state index contributed by atoms with van der Waals surface area (Å²) in [7, 11) is 0. The maximum absolute atomic E-state index is 12.1. The van der Waals surface area contributed by atoms with Gasteiger partial charge in [0.25, 0.3) is 0 Å². The van der Waals surface area contributed by atoms with Gasteiger partial charge in [-0.25, -0.2) is 0 Å². The molecule has 5 nitrogen and oxygen atoms in total. The molecule has 144 valence electrons. The number of carbonyl (C=O) groups is 1. The van der Waals surface area contributed by atoms with E-state index in [0.29, 0.717) is 25.5 Å². The van der Waals surface area contributed by atoms with Crippen LogP contribution in [0.5, 0.6) is 11.5 Å². The third-order valence-electron chi connectivity index (χ3n) is 4.01. The van der Waals surface area contributed by atoms with Gasteiger partial charge in [0, 0.05) is 6.54 Å². The summed E-state index contributed by atoms with van der Waals surface area (Å²) in [6.07, 6.45) is 0. The van der Waals surface area contributed by atoms with Gasteiger partial charge in [-0.15, -0.1) is 0 Å². The van der Waals surface area contributed by atoms with E-state index in [-0.39, 0.29) is 12.5 Å². The maximum Gasteiger partial charge on any atom is 0.239 e. The predicted octanol–water partition coefficient (Wildman–Crippen LogP) is 3.87. The molecule has 0 saturated heterocycles. The molecule has 0 heterocycles. The number of anilines is 1. The van der Waals surface area contributed by atoms with Crippen LogP contribution in [0.4, 0.5) is 5.69 Å². The second-order valence-electron chi connectivity index (χ2n) is 6.12. The van der Waals surface area contributed by atoms with Gasteiger partial charge in [0.1, 0.15) is 24.7 Å². The first-order valence-electron chi connectivity index (χ1n) is 9.25. The first-order chi connectivity index (χ1) is 13.8. The van der Waals surface area contributed by atoms with Crippen molar-refractivity contribution in [2.24, 2.45) is 0 Å². The number of para-hydroxylation sites is 3. The topological polar surface area (TPSA) is 59.6 Å². The van der Waals surface area contributed by atoms with E-state index in [9.17, 15) is 4.79 Å². The third kappa shape index (κ3) is 6.36. The Kier molecular flexibility index (Phi) is 7.32. The second-order valence-corrected chi connectivity index (χ2v) is 6.12. The minimum atomic E-state index is -0.0777. The van der Waals surface area contributed by atoms with E-state index in [4.69, 9.17) is 9.47 Å². The van der Waals surface area contributed by atoms with Crippen molar-refractivity contribution in [3.05, 3.63) is 90.5 Å². The Labute approximate surface area is 165 Å². The van der Waals surface area contributed by atoms with Crippen molar-refractivity contribution in [2.75, 3.05) is 25.1 Å². The number of hydrogen-bond acceptors (Lipinski definition) is 4. The minimum Gasteiger partial charge on any atom is -0.490 e. The zero-order chi connectivity index (χ0) is 19.4. The summed E-state index contributed by atoms with van der Waals surface area (Å²) in [5.74, 6) is 1.42. The van der Waals surface area contributed by atoms with Crippen LogP contribution in [0.3, 0.4) is 0 Å². The molecule has 2 N–H and O–H groups in total. The molecule has 0 aliphatic rings. The van der Waals surface area contributed by atoms with Crippen LogP contribution in [0.15, 0.2) is 84.9 Å². The molecular formula is C23H24N2O3. The van der Waals surface area contributed by atoms with Gasteiger partial charge in [0.2, 0.25) is 5.91 Å². The Balaban J connectivity index is 1.42. The van der Waals surface area contributed by atoms with Crippen molar-refractivity contribution < 1.29 is 14.3 Å². The lowest BCUT2D eigenvalue weighted by Gasteiger charge is -2.14. The molecule has 5 heteroatoms. The molecule has 0 bridgehead atoms. The SMILES string of the molecule is O=C(CNc1ccccc1OCCOc1ccccc1)NCc1ccccc1. The van der Waals surface area contributed by atoms with E-state index in [0.717, 1.165) is 17.0 Å². The highest BCUT2D eigenvalue weighted by Crippen LogP contribution is 2.23. The van der Waals surface area contributed by atoms with Crippen LogP contribution in [0.25, 0.3) is 0 Å². The third-order valence-corrected chi connectivity index (χ3v) is 4.01. The number of carbonyl (C=O) groups excluding carboxylic acids is 1. The molecule has 0 aliphatic carbocycles. The van der Waals surface area contributed by atoms with Crippen LogP contribution in [0, 0.1) is 0 Å². The molecule has 3 aromatic rings. The van der Waals surface area contributed by atoms with Crippen molar-refractivity contribution >= 4 is 11.6 Å². The summed E-state index contributed by atoms with van der Waals surface area (Å²) in [5, 5.41) is 6.03. The molecule has 3 aromatic carbocycles. The molecule has 0 aliphatic heterocycles. The lowest BCUT2D eigenvalue weighted by Crippen LogP contribution is -2.29. The van der Waals surface area contributed by atoms with Gasteiger partial charge in [-0.2, -0.15) is 0 Å². The molecule has 0 atom stereocenters. The monoisotopic (exact) mass is 376 g/mol. The highest BCUT2D eigenvalue weighted by Gasteiger charge is 2.06. The Bertz CT molecular complexity index is 854. The fraction of sp³-hybridized carbons (Fsp3) is 0.174. The highest BCUT2D eigenvalue weighted by molar-refractivity contribution is 5.81. The summed E-state index contributed by atoms with van der Waals surface area (Å²) in [6.45, 7) is 1.54. The quantitative estimate of drug-likeness (QED) is 0.527. The van der Waals surface area contributed by atoms with E-state index in [1.165, 1.54) is 0 Å². The largest absolute Gasteiger partial charge is 0.490 e. The minimum absolute atomic E-state index is 0.0777. The average Bonchev–Trinajstić information content (AvgIpc) is 2.76. The summed E-state index contributed by atoms with van der Waals surface area (Å²) in [4.78, 5) is 12.1. The van der Waals surface area contributed by atoms with E-state index in [1.54, 1.807) is 0 Å². The van der Waals surface area contributed by atoms with Gasteiger partial charge in [0.05, 0.1) is 12.2 Å². The number of amides is 1. The number of nitrogens with one attached hydrogen (secondary N) is 2. The zero-order valence-electron chi connectivity index (χ0n) is 15.6. The van der Waals surface area contributed by atoms with Gasteiger partial charge in [-0.05, 0) is 29.8 Å². The molecule has 0 aromatic heterocycles. The second kappa shape index (κ2) is 10.6. The summed E-state index contributed by atoms with van der Waals surface area (Å²) >= 11 is 0. The molecule has 1 amide bonds.